The van der Waals surface area contributed by atoms with Gasteiger partial charge in [0.1, 0.15) is 16.9 Å². The lowest BCUT2D eigenvalue weighted by Gasteiger charge is -2.24. The van der Waals surface area contributed by atoms with Gasteiger partial charge in [-0.15, -0.1) is 0 Å². The van der Waals surface area contributed by atoms with Crippen LogP contribution in [0.4, 0.5) is 0 Å². The van der Waals surface area contributed by atoms with Gasteiger partial charge in [0.15, 0.2) is 0 Å². The lowest BCUT2D eigenvalue weighted by atomic mass is 9.83. The lowest BCUT2D eigenvalue weighted by Crippen LogP contribution is -2.40. The Kier molecular flexibility index (Phi) is 4.55. The molecule has 1 N–H and O–H groups in total. The number of furan rings is 1. The SMILES string of the molecule is CCC(C#N)(CC)C(=O)NC(C)c1ccc(C)o1. The number of nitrogens with zero attached hydrogens (tertiary/aromatic N) is 1. The highest BCUT2D eigenvalue weighted by atomic mass is 16.3. The van der Waals surface area contributed by atoms with E-state index in [9.17, 15) is 10.1 Å². The van der Waals surface area contributed by atoms with Crippen LogP contribution in [0.25, 0.3) is 0 Å². The van der Waals surface area contributed by atoms with Crippen molar-refractivity contribution in [2.24, 2.45) is 5.41 Å². The fourth-order valence-corrected chi connectivity index (χ4v) is 1.87. The number of hydrogen-bond acceptors (Lipinski definition) is 3. The molecular weight excluding hydrogens is 228 g/mol. The quantitative estimate of drug-likeness (QED) is 0.870. The second-order valence-electron chi connectivity index (χ2n) is 4.54. The van der Waals surface area contributed by atoms with Gasteiger partial charge in [0, 0.05) is 0 Å². The van der Waals surface area contributed by atoms with Crippen molar-refractivity contribution in [1.29, 1.82) is 5.26 Å². The van der Waals surface area contributed by atoms with Gasteiger partial charge in [-0.3, -0.25) is 4.79 Å². The molecule has 1 aromatic rings. The Morgan fingerprint density at radius 1 is 1.50 bits per heavy atom. The molecule has 0 fully saturated rings. The highest BCUT2D eigenvalue weighted by Crippen LogP contribution is 2.27. The summed E-state index contributed by atoms with van der Waals surface area (Å²) >= 11 is 0. The third-order valence-corrected chi connectivity index (χ3v) is 3.39. The van der Waals surface area contributed by atoms with Gasteiger partial charge in [-0.05, 0) is 38.8 Å². The third-order valence-electron chi connectivity index (χ3n) is 3.39. The first kappa shape index (κ1) is 14.3. The van der Waals surface area contributed by atoms with E-state index in [-0.39, 0.29) is 11.9 Å². The van der Waals surface area contributed by atoms with Crippen LogP contribution in [-0.4, -0.2) is 5.91 Å². The standard InChI is InChI=1S/C14H20N2O2/c1-5-14(6-2,9-15)13(17)16-11(4)12-8-7-10(3)18-12/h7-8,11H,5-6H2,1-4H3,(H,16,17). The van der Waals surface area contributed by atoms with Crippen LogP contribution in [0.2, 0.25) is 0 Å². The molecule has 0 aliphatic rings. The highest BCUT2D eigenvalue weighted by Gasteiger charge is 2.35. The average molecular weight is 248 g/mol. The number of carbonyl (C=O) groups excluding carboxylic acids is 1. The Bertz CT molecular complexity index is 453. The summed E-state index contributed by atoms with van der Waals surface area (Å²) in [4.78, 5) is 12.2. The fourth-order valence-electron chi connectivity index (χ4n) is 1.87. The molecule has 1 aromatic heterocycles. The zero-order valence-corrected chi connectivity index (χ0v) is 11.4. The number of amides is 1. The molecular formula is C14H20N2O2. The number of carbonyl (C=O) groups is 1. The molecule has 0 aliphatic heterocycles. The van der Waals surface area contributed by atoms with Crippen LogP contribution in [0.3, 0.4) is 0 Å². The largest absolute Gasteiger partial charge is 0.464 e. The molecule has 0 bridgehead atoms. The second kappa shape index (κ2) is 5.72. The van der Waals surface area contributed by atoms with Crippen molar-refractivity contribution in [2.75, 3.05) is 0 Å². The molecule has 1 atom stereocenters. The molecule has 0 saturated heterocycles. The van der Waals surface area contributed by atoms with Crippen LogP contribution in [0.15, 0.2) is 16.5 Å². The first-order valence-electron chi connectivity index (χ1n) is 6.27. The molecule has 1 amide bonds. The van der Waals surface area contributed by atoms with Gasteiger partial charge in [-0.25, -0.2) is 0 Å². The van der Waals surface area contributed by atoms with E-state index in [1.807, 2.05) is 39.8 Å². The molecule has 1 heterocycles. The molecule has 0 saturated carbocycles. The predicted octanol–water partition coefficient (Wildman–Crippen LogP) is 3.10. The molecule has 0 aromatic carbocycles. The number of nitriles is 1. The van der Waals surface area contributed by atoms with Crippen LogP contribution in [0.1, 0.15) is 51.2 Å². The minimum absolute atomic E-state index is 0.225. The van der Waals surface area contributed by atoms with E-state index in [0.717, 1.165) is 5.76 Å². The molecule has 0 radical (unpaired) electrons. The summed E-state index contributed by atoms with van der Waals surface area (Å²) in [6, 6.07) is 5.60. The van der Waals surface area contributed by atoms with Crippen molar-refractivity contribution >= 4 is 5.91 Å². The third kappa shape index (κ3) is 2.73. The van der Waals surface area contributed by atoms with Crippen LogP contribution in [-0.2, 0) is 4.79 Å². The Hall–Kier alpha value is -1.76. The molecule has 98 valence electrons. The summed E-state index contributed by atoms with van der Waals surface area (Å²) in [6.45, 7) is 7.42. The van der Waals surface area contributed by atoms with Gasteiger partial charge in [-0.2, -0.15) is 5.26 Å². The van der Waals surface area contributed by atoms with Crippen LogP contribution < -0.4 is 5.32 Å². The minimum atomic E-state index is -0.935. The summed E-state index contributed by atoms with van der Waals surface area (Å²) in [5.41, 5.74) is -0.935. The summed E-state index contributed by atoms with van der Waals surface area (Å²) in [5, 5.41) is 12.0. The summed E-state index contributed by atoms with van der Waals surface area (Å²) < 4.78 is 5.46. The fraction of sp³-hybridized carbons (Fsp3) is 0.571. The van der Waals surface area contributed by atoms with Crippen LogP contribution >= 0.6 is 0 Å². The van der Waals surface area contributed by atoms with E-state index in [0.29, 0.717) is 18.6 Å². The summed E-state index contributed by atoms with van der Waals surface area (Å²) in [5.74, 6) is 1.29. The molecule has 4 nitrogen and oxygen atoms in total. The zero-order chi connectivity index (χ0) is 13.8. The van der Waals surface area contributed by atoms with Crippen molar-refractivity contribution in [1.82, 2.24) is 5.32 Å². The lowest BCUT2D eigenvalue weighted by molar-refractivity contribution is -0.129. The van der Waals surface area contributed by atoms with E-state index >= 15 is 0 Å². The number of rotatable bonds is 5. The van der Waals surface area contributed by atoms with Gasteiger partial charge in [0.25, 0.3) is 0 Å². The Labute approximate surface area is 108 Å². The number of nitrogens with one attached hydrogen (secondary N) is 1. The zero-order valence-electron chi connectivity index (χ0n) is 11.4. The first-order valence-corrected chi connectivity index (χ1v) is 6.27. The van der Waals surface area contributed by atoms with Gasteiger partial charge >= 0.3 is 0 Å². The summed E-state index contributed by atoms with van der Waals surface area (Å²) in [6.07, 6.45) is 1.02. The molecule has 0 spiro atoms. The first-order chi connectivity index (χ1) is 8.49. The average Bonchev–Trinajstić information content (AvgIpc) is 2.79. The Balaban J connectivity index is 2.79. The molecule has 1 unspecified atom stereocenters. The van der Waals surface area contributed by atoms with E-state index < -0.39 is 5.41 Å². The maximum absolute atomic E-state index is 12.2. The number of hydrogen-bond donors (Lipinski definition) is 1. The smallest absolute Gasteiger partial charge is 0.241 e. The molecule has 1 rings (SSSR count). The number of aryl methyl sites for hydroxylation is 1. The highest BCUT2D eigenvalue weighted by molar-refractivity contribution is 5.85. The monoisotopic (exact) mass is 248 g/mol. The van der Waals surface area contributed by atoms with Crippen molar-refractivity contribution < 1.29 is 9.21 Å². The van der Waals surface area contributed by atoms with Crippen molar-refractivity contribution in [3.8, 4) is 6.07 Å². The Morgan fingerprint density at radius 2 is 2.11 bits per heavy atom. The van der Waals surface area contributed by atoms with Gasteiger partial charge in [0.2, 0.25) is 5.91 Å². The van der Waals surface area contributed by atoms with Gasteiger partial charge < -0.3 is 9.73 Å². The van der Waals surface area contributed by atoms with Crippen molar-refractivity contribution in [3.63, 3.8) is 0 Å². The van der Waals surface area contributed by atoms with Crippen molar-refractivity contribution in [2.45, 2.75) is 46.6 Å². The Morgan fingerprint density at radius 3 is 2.50 bits per heavy atom. The van der Waals surface area contributed by atoms with E-state index in [4.69, 9.17) is 4.42 Å². The molecule has 18 heavy (non-hydrogen) atoms. The maximum Gasteiger partial charge on any atom is 0.241 e. The summed E-state index contributed by atoms with van der Waals surface area (Å²) in [7, 11) is 0. The van der Waals surface area contributed by atoms with E-state index in [2.05, 4.69) is 11.4 Å². The van der Waals surface area contributed by atoms with Gasteiger partial charge in [0.05, 0.1) is 12.1 Å². The topological polar surface area (TPSA) is 66.0 Å². The van der Waals surface area contributed by atoms with Gasteiger partial charge in [-0.1, -0.05) is 13.8 Å². The van der Waals surface area contributed by atoms with Crippen LogP contribution in [0, 0.1) is 23.7 Å². The van der Waals surface area contributed by atoms with Crippen molar-refractivity contribution in [3.05, 3.63) is 23.7 Å². The van der Waals surface area contributed by atoms with Crippen LogP contribution in [0.5, 0.6) is 0 Å². The maximum atomic E-state index is 12.2. The minimum Gasteiger partial charge on any atom is -0.464 e. The van der Waals surface area contributed by atoms with E-state index in [1.54, 1.807) is 0 Å². The molecule has 0 aliphatic carbocycles. The molecule has 4 heteroatoms. The normalized spacial score (nSPS) is 12.8. The predicted molar refractivity (Wildman–Crippen MR) is 68.6 cm³/mol. The van der Waals surface area contributed by atoms with E-state index in [1.165, 1.54) is 0 Å². The second-order valence-corrected chi connectivity index (χ2v) is 4.54.